The van der Waals surface area contributed by atoms with E-state index in [-0.39, 0.29) is 5.39 Å². The summed E-state index contributed by atoms with van der Waals surface area (Å²) in [5, 5.41) is 7.81. The smallest absolute Gasteiger partial charge is 0.169 e. The molecule has 5 rings (SSSR count). The Balaban J connectivity index is 1.92. The summed E-state index contributed by atoms with van der Waals surface area (Å²) in [6.07, 6.45) is 6.92. The number of aromatic nitrogens is 5. The number of anilines is 2. The Kier molecular flexibility index (Phi) is 3.67. The number of aromatic amines is 1. The van der Waals surface area contributed by atoms with E-state index in [9.17, 15) is 8.78 Å². The average Bonchev–Trinajstić information content (AvgIpc) is 3.33. The van der Waals surface area contributed by atoms with Crippen LogP contribution in [0.4, 0.5) is 20.2 Å². The van der Waals surface area contributed by atoms with Crippen molar-refractivity contribution in [3.63, 3.8) is 0 Å². The van der Waals surface area contributed by atoms with Crippen LogP contribution in [-0.4, -0.2) is 45.7 Å². The summed E-state index contributed by atoms with van der Waals surface area (Å²) in [4.78, 5) is 13.9. The zero-order chi connectivity index (χ0) is 20.3. The van der Waals surface area contributed by atoms with Crippen LogP contribution in [0.2, 0.25) is 0 Å². The lowest BCUT2D eigenvalue weighted by Gasteiger charge is -2.19. The number of nitrogens with zero attached hydrogens (tertiary/aromatic N) is 5. The van der Waals surface area contributed by atoms with Crippen LogP contribution in [0.5, 0.6) is 0 Å². The Morgan fingerprint density at radius 3 is 2.72 bits per heavy atom. The Labute approximate surface area is 164 Å². The number of halogens is 2. The maximum Gasteiger partial charge on any atom is 0.169 e. The van der Waals surface area contributed by atoms with Gasteiger partial charge in [-0.3, -0.25) is 0 Å². The fraction of sp³-hybridized carbons (Fsp3) is 0.150. The number of pyridine rings is 1. The van der Waals surface area contributed by atoms with Crippen LogP contribution in [0, 0.1) is 11.6 Å². The molecule has 2 N–H and O–H groups in total. The zero-order valence-electron chi connectivity index (χ0n) is 16.0. The van der Waals surface area contributed by atoms with Crippen molar-refractivity contribution in [3.8, 4) is 11.1 Å². The molecule has 1 aromatic carbocycles. The second kappa shape index (κ2) is 6.13. The molecule has 0 radical (unpaired) electrons. The molecule has 7 nitrogen and oxygen atoms in total. The Morgan fingerprint density at radius 2 is 1.97 bits per heavy atom. The van der Waals surface area contributed by atoms with Gasteiger partial charge < -0.3 is 15.2 Å². The maximum atomic E-state index is 14.9. The van der Waals surface area contributed by atoms with Crippen molar-refractivity contribution >= 4 is 39.0 Å². The van der Waals surface area contributed by atoms with Gasteiger partial charge >= 0.3 is 0 Å². The molecule has 0 saturated heterocycles. The highest BCUT2D eigenvalue weighted by Crippen LogP contribution is 2.42. The minimum Gasteiger partial charge on any atom is -0.386 e. The van der Waals surface area contributed by atoms with Crippen LogP contribution < -0.4 is 10.2 Å². The Bertz CT molecular complexity index is 1400. The van der Waals surface area contributed by atoms with Crippen LogP contribution in [0.3, 0.4) is 0 Å². The van der Waals surface area contributed by atoms with Gasteiger partial charge in [-0.1, -0.05) is 0 Å². The van der Waals surface area contributed by atoms with Gasteiger partial charge in [0.1, 0.15) is 5.65 Å². The fourth-order valence-electron chi connectivity index (χ4n) is 3.76. The van der Waals surface area contributed by atoms with Crippen molar-refractivity contribution in [2.24, 2.45) is 0 Å². The van der Waals surface area contributed by atoms with E-state index in [4.69, 9.17) is 0 Å². The first kappa shape index (κ1) is 17.4. The number of hydrogen-bond donors (Lipinski definition) is 2. The lowest BCUT2D eigenvalue weighted by atomic mass is 10.0. The third kappa shape index (κ3) is 2.43. The summed E-state index contributed by atoms with van der Waals surface area (Å²) in [6.45, 7) is 0. The summed E-state index contributed by atoms with van der Waals surface area (Å²) in [5.74, 6) is -1.83. The van der Waals surface area contributed by atoms with Crippen molar-refractivity contribution in [2.45, 2.75) is 0 Å². The minimum atomic E-state index is -0.919. The SMILES string of the molecule is CNc1cc(F)c(F)c2c1[nH]c1ncc(-c3cnc4ccnn4c3)c(N(C)C)c12. The molecular weight excluding hydrogens is 376 g/mol. The van der Waals surface area contributed by atoms with Gasteiger partial charge in [0.2, 0.25) is 0 Å². The van der Waals surface area contributed by atoms with Gasteiger partial charge in [0.05, 0.1) is 33.9 Å². The number of fused-ring (bicyclic) bond motifs is 4. The maximum absolute atomic E-state index is 14.9. The predicted molar refractivity (Wildman–Crippen MR) is 109 cm³/mol. The van der Waals surface area contributed by atoms with Crippen molar-refractivity contribution in [2.75, 3.05) is 31.4 Å². The molecule has 0 atom stereocenters. The molecule has 0 aliphatic rings. The number of nitrogens with one attached hydrogen (secondary N) is 2. The van der Waals surface area contributed by atoms with E-state index >= 15 is 0 Å². The first-order chi connectivity index (χ1) is 14.0. The first-order valence-corrected chi connectivity index (χ1v) is 8.96. The fourth-order valence-corrected chi connectivity index (χ4v) is 3.76. The third-order valence-corrected chi connectivity index (χ3v) is 5.04. The lowest BCUT2D eigenvalue weighted by molar-refractivity contribution is 0.518. The molecule has 29 heavy (non-hydrogen) atoms. The summed E-state index contributed by atoms with van der Waals surface area (Å²) in [5.41, 5.74) is 4.33. The molecule has 9 heteroatoms. The standard InChI is InChI=1S/C20H17F2N7/c1-23-13-6-12(21)17(22)15-16-19(28(2)3)11(8-25-20(16)27-18(13)15)10-7-24-14-4-5-26-29(14)9-10/h4-9,23H,1-3H3,(H,25,27). The van der Waals surface area contributed by atoms with Crippen molar-refractivity contribution < 1.29 is 8.78 Å². The van der Waals surface area contributed by atoms with Gasteiger partial charge in [-0.2, -0.15) is 5.10 Å². The largest absolute Gasteiger partial charge is 0.386 e. The van der Waals surface area contributed by atoms with Crippen LogP contribution >= 0.6 is 0 Å². The first-order valence-electron chi connectivity index (χ1n) is 8.96. The molecule has 0 saturated carbocycles. The zero-order valence-corrected chi connectivity index (χ0v) is 16.0. The van der Waals surface area contributed by atoms with E-state index in [1.165, 1.54) is 0 Å². The van der Waals surface area contributed by atoms with E-state index in [0.717, 1.165) is 17.2 Å². The number of rotatable bonds is 3. The van der Waals surface area contributed by atoms with Gasteiger partial charge in [-0.05, 0) is 0 Å². The molecule has 0 aliphatic carbocycles. The van der Waals surface area contributed by atoms with Crippen molar-refractivity contribution in [1.82, 2.24) is 24.6 Å². The van der Waals surface area contributed by atoms with Crippen LogP contribution in [0.25, 0.3) is 38.7 Å². The molecule has 146 valence electrons. The molecule has 0 bridgehead atoms. The van der Waals surface area contributed by atoms with Crippen LogP contribution in [0.15, 0.2) is 36.9 Å². The highest BCUT2D eigenvalue weighted by molar-refractivity contribution is 6.17. The normalized spacial score (nSPS) is 11.6. The molecule has 0 amide bonds. The summed E-state index contributed by atoms with van der Waals surface area (Å²) in [6, 6.07) is 2.94. The van der Waals surface area contributed by atoms with Gasteiger partial charge in [-0.25, -0.2) is 23.3 Å². The average molecular weight is 393 g/mol. The van der Waals surface area contributed by atoms with E-state index in [0.29, 0.717) is 33.6 Å². The lowest BCUT2D eigenvalue weighted by Crippen LogP contribution is -2.11. The Hall–Kier alpha value is -3.75. The minimum absolute atomic E-state index is 0.163. The van der Waals surface area contributed by atoms with Gasteiger partial charge in [0.15, 0.2) is 17.3 Å². The molecule has 0 unspecified atom stereocenters. The van der Waals surface area contributed by atoms with E-state index in [1.54, 1.807) is 36.2 Å². The second-order valence-electron chi connectivity index (χ2n) is 6.96. The topological polar surface area (TPSA) is 74.1 Å². The van der Waals surface area contributed by atoms with E-state index in [1.807, 2.05) is 25.2 Å². The molecule has 0 aliphatic heterocycles. The summed E-state index contributed by atoms with van der Waals surface area (Å²) >= 11 is 0. The van der Waals surface area contributed by atoms with Crippen molar-refractivity contribution in [1.29, 1.82) is 0 Å². The monoisotopic (exact) mass is 393 g/mol. The van der Waals surface area contributed by atoms with Crippen LogP contribution in [0.1, 0.15) is 0 Å². The molecule has 4 aromatic heterocycles. The van der Waals surface area contributed by atoms with E-state index < -0.39 is 11.6 Å². The van der Waals surface area contributed by atoms with Gasteiger partial charge in [0, 0.05) is 63.0 Å². The van der Waals surface area contributed by atoms with Gasteiger partial charge in [-0.15, -0.1) is 0 Å². The van der Waals surface area contributed by atoms with Gasteiger partial charge in [0.25, 0.3) is 0 Å². The number of hydrogen-bond acceptors (Lipinski definition) is 5. The quantitative estimate of drug-likeness (QED) is 0.488. The number of H-pyrrole nitrogens is 1. The Morgan fingerprint density at radius 1 is 1.14 bits per heavy atom. The highest BCUT2D eigenvalue weighted by Gasteiger charge is 2.23. The molecular formula is C20H17F2N7. The highest BCUT2D eigenvalue weighted by atomic mass is 19.2. The number of benzene rings is 1. The molecule has 0 spiro atoms. The predicted octanol–water partition coefficient (Wildman–Crippen LogP) is 3.81. The summed E-state index contributed by atoms with van der Waals surface area (Å²) < 4.78 is 30.9. The molecule has 5 aromatic rings. The van der Waals surface area contributed by atoms with Crippen molar-refractivity contribution in [3.05, 3.63) is 48.6 Å². The molecule has 0 fully saturated rings. The third-order valence-electron chi connectivity index (χ3n) is 5.04. The van der Waals surface area contributed by atoms with Crippen LogP contribution in [-0.2, 0) is 0 Å². The second-order valence-corrected chi connectivity index (χ2v) is 6.96. The van der Waals surface area contributed by atoms with E-state index in [2.05, 4.69) is 25.4 Å². The summed E-state index contributed by atoms with van der Waals surface area (Å²) in [7, 11) is 5.37. The molecule has 4 heterocycles.